The Balaban J connectivity index is 2.52. The molecule has 1 unspecified atom stereocenters. The Morgan fingerprint density at radius 2 is 2.40 bits per heavy atom. The molecule has 0 aliphatic carbocycles. The molecule has 0 aliphatic heterocycles. The van der Waals surface area contributed by atoms with Crippen LogP contribution in [0.15, 0.2) is 6.07 Å². The molecule has 1 rings (SSSR count). The van der Waals surface area contributed by atoms with Gasteiger partial charge in [-0.15, -0.1) is 0 Å². The molecule has 0 radical (unpaired) electrons. The van der Waals surface area contributed by atoms with Crippen molar-refractivity contribution in [2.24, 2.45) is 5.73 Å². The van der Waals surface area contributed by atoms with E-state index < -0.39 is 24.3 Å². The lowest BCUT2D eigenvalue weighted by atomic mass is 10.2. The number of hydrogen-bond acceptors (Lipinski definition) is 4. The summed E-state index contributed by atoms with van der Waals surface area (Å²) < 4.78 is 0. The van der Waals surface area contributed by atoms with E-state index in [1.54, 1.807) is 13.0 Å². The molecule has 1 atom stereocenters. The highest BCUT2D eigenvalue weighted by atomic mass is 16.4. The van der Waals surface area contributed by atoms with Gasteiger partial charge < -0.3 is 16.2 Å². The number of carbonyl (C=O) groups is 2. The molecular weight excluding hydrogens is 200 g/mol. The van der Waals surface area contributed by atoms with Gasteiger partial charge in [0.1, 0.15) is 0 Å². The van der Waals surface area contributed by atoms with Crippen molar-refractivity contribution < 1.29 is 14.7 Å². The predicted molar refractivity (Wildman–Crippen MR) is 52.2 cm³/mol. The topological polar surface area (TPSA) is 121 Å². The van der Waals surface area contributed by atoms with E-state index in [0.29, 0.717) is 5.82 Å². The van der Waals surface area contributed by atoms with Crippen LogP contribution in [0.4, 0.5) is 5.82 Å². The molecule has 0 saturated carbocycles. The zero-order chi connectivity index (χ0) is 11.4. The Hall–Kier alpha value is -1.89. The average molecular weight is 212 g/mol. The van der Waals surface area contributed by atoms with Crippen LogP contribution < -0.4 is 11.1 Å². The Labute approximate surface area is 85.7 Å². The monoisotopic (exact) mass is 212 g/mol. The summed E-state index contributed by atoms with van der Waals surface area (Å²) in [6.07, 6.45) is -0.408. The molecule has 0 fully saturated rings. The lowest BCUT2D eigenvalue weighted by molar-refractivity contribution is -0.138. The zero-order valence-corrected chi connectivity index (χ0v) is 8.15. The molecule has 0 aromatic carbocycles. The quantitative estimate of drug-likeness (QED) is 0.534. The second-order valence-corrected chi connectivity index (χ2v) is 3.13. The highest BCUT2D eigenvalue weighted by molar-refractivity contribution is 5.95. The molecule has 1 amide bonds. The first-order valence-corrected chi connectivity index (χ1v) is 4.29. The molecule has 7 heteroatoms. The van der Waals surface area contributed by atoms with Gasteiger partial charge in [-0.05, 0) is 6.92 Å². The summed E-state index contributed by atoms with van der Waals surface area (Å²) in [4.78, 5) is 21.6. The molecule has 82 valence electrons. The number of anilines is 1. The van der Waals surface area contributed by atoms with Crippen LogP contribution in [0.5, 0.6) is 0 Å². The smallest absolute Gasteiger partial charge is 0.305 e. The molecule has 15 heavy (non-hydrogen) atoms. The van der Waals surface area contributed by atoms with Crippen LogP contribution >= 0.6 is 0 Å². The number of aryl methyl sites for hydroxylation is 1. The third kappa shape index (κ3) is 3.39. The Morgan fingerprint density at radius 1 is 1.73 bits per heavy atom. The maximum Gasteiger partial charge on any atom is 0.305 e. The Kier molecular flexibility index (Phi) is 3.40. The van der Waals surface area contributed by atoms with E-state index in [2.05, 4.69) is 15.5 Å². The minimum Gasteiger partial charge on any atom is -0.481 e. The van der Waals surface area contributed by atoms with Crippen LogP contribution in [-0.4, -0.2) is 33.2 Å². The maximum atomic E-state index is 11.3. The Morgan fingerprint density at radius 3 is 2.87 bits per heavy atom. The normalized spacial score (nSPS) is 12.1. The summed E-state index contributed by atoms with van der Waals surface area (Å²) in [6, 6.07) is 0.547. The number of nitrogens with zero attached hydrogens (tertiary/aromatic N) is 1. The summed E-state index contributed by atoms with van der Waals surface area (Å²) in [5.74, 6) is -1.35. The Bertz CT molecular complexity index is 374. The van der Waals surface area contributed by atoms with Crippen LogP contribution in [-0.2, 0) is 9.59 Å². The number of carboxylic acid groups (broad SMARTS) is 1. The largest absolute Gasteiger partial charge is 0.481 e. The third-order valence-electron chi connectivity index (χ3n) is 1.69. The van der Waals surface area contributed by atoms with E-state index in [0.717, 1.165) is 5.69 Å². The molecule has 0 spiro atoms. The molecule has 5 N–H and O–H groups in total. The number of aromatic amines is 1. The van der Waals surface area contributed by atoms with E-state index in [1.807, 2.05) is 0 Å². The van der Waals surface area contributed by atoms with Crippen molar-refractivity contribution in [1.29, 1.82) is 0 Å². The fourth-order valence-corrected chi connectivity index (χ4v) is 0.982. The number of aromatic nitrogens is 2. The number of carbonyl (C=O) groups excluding carboxylic acids is 1. The lowest BCUT2D eigenvalue weighted by Gasteiger charge is -2.07. The molecule has 1 aromatic heterocycles. The number of nitrogens with two attached hydrogens (primary N) is 1. The third-order valence-corrected chi connectivity index (χ3v) is 1.69. The minimum atomic E-state index is -1.11. The van der Waals surface area contributed by atoms with Crippen molar-refractivity contribution in [3.8, 4) is 0 Å². The summed E-state index contributed by atoms with van der Waals surface area (Å²) >= 11 is 0. The van der Waals surface area contributed by atoms with Crippen LogP contribution in [0, 0.1) is 6.92 Å². The molecule has 7 nitrogen and oxygen atoms in total. The fraction of sp³-hybridized carbons (Fsp3) is 0.375. The van der Waals surface area contributed by atoms with E-state index in [4.69, 9.17) is 10.8 Å². The molecule has 1 heterocycles. The predicted octanol–water partition coefficient (Wildman–Crippen LogP) is -0.541. The first-order valence-electron chi connectivity index (χ1n) is 4.29. The lowest BCUT2D eigenvalue weighted by Crippen LogP contribution is -2.37. The van der Waals surface area contributed by atoms with Crippen LogP contribution in [0.1, 0.15) is 12.1 Å². The second kappa shape index (κ2) is 4.56. The van der Waals surface area contributed by atoms with Gasteiger partial charge in [-0.2, -0.15) is 5.10 Å². The summed E-state index contributed by atoms with van der Waals surface area (Å²) in [7, 11) is 0. The number of hydrogen-bond donors (Lipinski definition) is 4. The van der Waals surface area contributed by atoms with Gasteiger partial charge in [0.05, 0.1) is 12.5 Å². The summed E-state index contributed by atoms with van der Waals surface area (Å²) in [5, 5.41) is 17.2. The van der Waals surface area contributed by atoms with Gasteiger partial charge in [-0.25, -0.2) is 0 Å². The summed E-state index contributed by atoms with van der Waals surface area (Å²) in [6.45, 7) is 1.78. The zero-order valence-electron chi connectivity index (χ0n) is 8.15. The van der Waals surface area contributed by atoms with Crippen LogP contribution in [0.3, 0.4) is 0 Å². The van der Waals surface area contributed by atoms with Crippen molar-refractivity contribution >= 4 is 17.7 Å². The van der Waals surface area contributed by atoms with Gasteiger partial charge in [0.15, 0.2) is 5.82 Å². The van der Waals surface area contributed by atoms with Gasteiger partial charge in [-0.3, -0.25) is 14.7 Å². The van der Waals surface area contributed by atoms with Crippen molar-refractivity contribution in [2.45, 2.75) is 19.4 Å². The molecule has 0 bridgehead atoms. The number of H-pyrrole nitrogens is 1. The number of nitrogens with one attached hydrogen (secondary N) is 2. The van der Waals surface area contributed by atoms with Crippen molar-refractivity contribution in [3.05, 3.63) is 11.8 Å². The second-order valence-electron chi connectivity index (χ2n) is 3.13. The molecule has 0 aliphatic rings. The van der Waals surface area contributed by atoms with Gasteiger partial charge in [-0.1, -0.05) is 0 Å². The van der Waals surface area contributed by atoms with Crippen LogP contribution in [0.2, 0.25) is 0 Å². The molecular formula is C8H12N4O3. The summed E-state index contributed by atoms with van der Waals surface area (Å²) in [5.41, 5.74) is 6.13. The molecule has 0 saturated heterocycles. The van der Waals surface area contributed by atoms with E-state index in [9.17, 15) is 9.59 Å². The van der Waals surface area contributed by atoms with Gasteiger partial charge in [0, 0.05) is 11.8 Å². The average Bonchev–Trinajstić information content (AvgIpc) is 2.50. The minimum absolute atomic E-state index is 0.332. The van der Waals surface area contributed by atoms with Crippen molar-refractivity contribution in [2.75, 3.05) is 5.32 Å². The maximum absolute atomic E-state index is 11.3. The van der Waals surface area contributed by atoms with E-state index in [1.165, 1.54) is 0 Å². The first kappa shape index (κ1) is 11.2. The van der Waals surface area contributed by atoms with Gasteiger partial charge in [0.2, 0.25) is 5.91 Å². The number of rotatable bonds is 4. The highest BCUT2D eigenvalue weighted by Crippen LogP contribution is 2.04. The van der Waals surface area contributed by atoms with E-state index >= 15 is 0 Å². The SMILES string of the molecule is Cc1cc(NC(=O)C(N)CC(=O)O)n[nH]1. The van der Waals surface area contributed by atoms with Gasteiger partial charge >= 0.3 is 5.97 Å². The van der Waals surface area contributed by atoms with Crippen LogP contribution in [0.25, 0.3) is 0 Å². The number of amides is 1. The molecule has 1 aromatic rings. The number of aliphatic carboxylic acids is 1. The van der Waals surface area contributed by atoms with Crippen molar-refractivity contribution in [1.82, 2.24) is 10.2 Å². The fourth-order valence-electron chi connectivity index (χ4n) is 0.982. The van der Waals surface area contributed by atoms with E-state index in [-0.39, 0.29) is 0 Å². The first-order chi connectivity index (χ1) is 6.99. The van der Waals surface area contributed by atoms with Crippen molar-refractivity contribution in [3.63, 3.8) is 0 Å². The number of carboxylic acids is 1. The van der Waals surface area contributed by atoms with Gasteiger partial charge in [0.25, 0.3) is 0 Å². The highest BCUT2D eigenvalue weighted by Gasteiger charge is 2.17. The standard InChI is InChI=1S/C8H12N4O3/c1-4-2-6(12-11-4)10-8(15)5(9)3-7(13)14/h2,5H,3,9H2,1H3,(H,13,14)(H2,10,11,12,15).